The summed E-state index contributed by atoms with van der Waals surface area (Å²) in [7, 11) is 0. The maximum Gasteiger partial charge on any atom is 0.407 e. The molecule has 0 bridgehead atoms. The number of benzene rings is 2. The predicted molar refractivity (Wildman–Crippen MR) is 125 cm³/mol. The van der Waals surface area contributed by atoms with Gasteiger partial charge in [0.25, 0.3) is 0 Å². The fraction of sp³-hybridized carbons (Fsp3) is 0.423. The summed E-state index contributed by atoms with van der Waals surface area (Å²) in [5.41, 5.74) is 4.63. The number of hydrogen-bond donors (Lipinski definition) is 2. The van der Waals surface area contributed by atoms with Crippen molar-refractivity contribution in [1.82, 2.24) is 10.2 Å². The summed E-state index contributed by atoms with van der Waals surface area (Å²) in [4.78, 5) is 37.9. The summed E-state index contributed by atoms with van der Waals surface area (Å²) in [6.45, 7) is 1.30. The highest BCUT2D eigenvalue weighted by atomic mass is 16.5. The molecule has 2 aliphatic heterocycles. The summed E-state index contributed by atoms with van der Waals surface area (Å²) < 4.78 is 16.4. The molecule has 0 spiro atoms. The molecule has 1 aliphatic carbocycles. The van der Waals surface area contributed by atoms with Gasteiger partial charge in [-0.2, -0.15) is 0 Å². The second kappa shape index (κ2) is 10.1. The molecular formula is C26H28N2O7. The lowest BCUT2D eigenvalue weighted by molar-refractivity contribution is -0.160. The lowest BCUT2D eigenvalue weighted by Gasteiger charge is -2.32. The smallest absolute Gasteiger partial charge is 0.407 e. The molecule has 1 unspecified atom stereocenters. The molecule has 9 heteroatoms. The van der Waals surface area contributed by atoms with Crippen LogP contribution < -0.4 is 5.32 Å². The average Bonchev–Trinajstić information content (AvgIpc) is 3.49. The lowest BCUT2D eigenvalue weighted by atomic mass is 9.98. The van der Waals surface area contributed by atoms with Crippen LogP contribution in [0.1, 0.15) is 23.5 Å². The standard InChI is InChI=1S/C26H28N2O7/c29-24(28-9-10-33-23(13-28)25(30)31)16-11-17(34-14-16)12-27-26(32)35-15-22-20-7-3-1-5-18(20)19-6-2-4-8-21(19)22/h1-8,16-17,22-23H,9-15H2,(H,27,32)(H,30,31)/t16-,17-,23?/m0/s1. The molecule has 2 saturated heterocycles. The molecule has 3 aliphatic rings. The number of alkyl carbamates (subject to hydrolysis) is 1. The molecule has 5 rings (SSSR count). The van der Waals surface area contributed by atoms with E-state index in [1.165, 1.54) is 16.0 Å². The third-order valence-corrected chi connectivity index (χ3v) is 6.90. The van der Waals surface area contributed by atoms with E-state index in [4.69, 9.17) is 19.3 Å². The molecule has 0 saturated carbocycles. The highest BCUT2D eigenvalue weighted by molar-refractivity contribution is 5.81. The number of morpholine rings is 1. The van der Waals surface area contributed by atoms with E-state index in [1.807, 2.05) is 24.3 Å². The van der Waals surface area contributed by atoms with Gasteiger partial charge >= 0.3 is 12.1 Å². The number of nitrogens with zero attached hydrogens (tertiary/aromatic N) is 1. The van der Waals surface area contributed by atoms with Gasteiger partial charge in [-0.15, -0.1) is 0 Å². The summed E-state index contributed by atoms with van der Waals surface area (Å²) in [6.07, 6.45) is -1.37. The van der Waals surface area contributed by atoms with Crippen LogP contribution in [0.3, 0.4) is 0 Å². The van der Waals surface area contributed by atoms with Gasteiger partial charge in [-0.25, -0.2) is 9.59 Å². The Morgan fingerprint density at radius 1 is 1.03 bits per heavy atom. The van der Waals surface area contributed by atoms with E-state index >= 15 is 0 Å². The van der Waals surface area contributed by atoms with Gasteiger partial charge < -0.3 is 29.5 Å². The second-order valence-corrected chi connectivity index (χ2v) is 9.08. The number of hydrogen-bond acceptors (Lipinski definition) is 6. The number of carboxylic acids is 1. The molecule has 0 radical (unpaired) electrons. The number of carbonyl (C=O) groups is 3. The van der Waals surface area contributed by atoms with E-state index in [0.717, 1.165) is 11.1 Å². The Morgan fingerprint density at radius 3 is 2.40 bits per heavy atom. The van der Waals surface area contributed by atoms with Crippen LogP contribution in [0.2, 0.25) is 0 Å². The van der Waals surface area contributed by atoms with Crippen LogP contribution in [0.4, 0.5) is 4.79 Å². The molecule has 9 nitrogen and oxygen atoms in total. The highest BCUT2D eigenvalue weighted by Gasteiger charge is 2.37. The van der Waals surface area contributed by atoms with Crippen molar-refractivity contribution in [2.45, 2.75) is 24.5 Å². The van der Waals surface area contributed by atoms with Gasteiger partial charge in [0.2, 0.25) is 5.91 Å². The fourth-order valence-electron chi connectivity index (χ4n) is 5.12. The van der Waals surface area contributed by atoms with Crippen molar-refractivity contribution in [3.05, 3.63) is 59.7 Å². The first-order valence-electron chi connectivity index (χ1n) is 11.8. The van der Waals surface area contributed by atoms with E-state index in [0.29, 0.717) is 13.0 Å². The molecule has 3 atom stereocenters. The first-order valence-corrected chi connectivity index (χ1v) is 11.8. The molecule has 2 amide bonds. The Balaban J connectivity index is 1.09. The number of ether oxygens (including phenoxy) is 3. The Bertz CT molecular complexity index is 1070. The van der Waals surface area contributed by atoms with Gasteiger partial charge in [-0.1, -0.05) is 48.5 Å². The van der Waals surface area contributed by atoms with Crippen LogP contribution >= 0.6 is 0 Å². The first-order chi connectivity index (χ1) is 17.0. The fourth-order valence-corrected chi connectivity index (χ4v) is 5.12. The summed E-state index contributed by atoms with van der Waals surface area (Å²) in [6, 6.07) is 16.3. The molecule has 2 heterocycles. The highest BCUT2D eigenvalue weighted by Crippen LogP contribution is 2.44. The molecule has 2 fully saturated rings. The van der Waals surface area contributed by atoms with Gasteiger partial charge in [0.1, 0.15) is 6.61 Å². The van der Waals surface area contributed by atoms with Crippen LogP contribution in [-0.2, 0) is 23.8 Å². The van der Waals surface area contributed by atoms with E-state index in [2.05, 4.69) is 29.6 Å². The van der Waals surface area contributed by atoms with Gasteiger partial charge in [0, 0.05) is 19.0 Å². The van der Waals surface area contributed by atoms with E-state index in [1.54, 1.807) is 0 Å². The molecule has 35 heavy (non-hydrogen) atoms. The van der Waals surface area contributed by atoms with Gasteiger partial charge in [0.15, 0.2) is 6.10 Å². The van der Waals surface area contributed by atoms with Crippen molar-refractivity contribution >= 4 is 18.0 Å². The van der Waals surface area contributed by atoms with Crippen LogP contribution in [-0.4, -0.2) is 79.6 Å². The zero-order valence-electron chi connectivity index (χ0n) is 19.2. The summed E-state index contributed by atoms with van der Waals surface area (Å²) in [5, 5.41) is 11.9. The molecule has 2 aromatic rings. The number of rotatable bonds is 6. The summed E-state index contributed by atoms with van der Waals surface area (Å²) in [5.74, 6) is -1.59. The molecule has 2 N–H and O–H groups in total. The number of carbonyl (C=O) groups excluding carboxylic acids is 2. The largest absolute Gasteiger partial charge is 0.479 e. The Morgan fingerprint density at radius 2 is 1.71 bits per heavy atom. The Kier molecular flexibility index (Phi) is 6.70. The number of fused-ring (bicyclic) bond motifs is 3. The van der Waals surface area contributed by atoms with Gasteiger partial charge in [-0.05, 0) is 28.7 Å². The van der Waals surface area contributed by atoms with Crippen molar-refractivity contribution in [2.24, 2.45) is 5.92 Å². The van der Waals surface area contributed by atoms with E-state index < -0.39 is 18.2 Å². The minimum absolute atomic E-state index is 0.0129. The zero-order chi connectivity index (χ0) is 24.4. The molecule has 184 valence electrons. The molecular weight excluding hydrogens is 452 g/mol. The summed E-state index contributed by atoms with van der Waals surface area (Å²) >= 11 is 0. The third kappa shape index (κ3) is 4.87. The van der Waals surface area contributed by atoms with Crippen LogP contribution in [0.5, 0.6) is 0 Å². The van der Waals surface area contributed by atoms with Crippen LogP contribution in [0, 0.1) is 5.92 Å². The second-order valence-electron chi connectivity index (χ2n) is 9.08. The van der Waals surface area contributed by atoms with Crippen molar-refractivity contribution in [1.29, 1.82) is 0 Å². The van der Waals surface area contributed by atoms with Gasteiger partial charge in [-0.3, -0.25) is 4.79 Å². The van der Waals surface area contributed by atoms with E-state index in [9.17, 15) is 14.4 Å². The van der Waals surface area contributed by atoms with E-state index in [-0.39, 0.29) is 56.8 Å². The van der Waals surface area contributed by atoms with Crippen molar-refractivity contribution in [3.63, 3.8) is 0 Å². The lowest BCUT2D eigenvalue weighted by Crippen LogP contribution is -2.50. The topological polar surface area (TPSA) is 114 Å². The minimum Gasteiger partial charge on any atom is -0.479 e. The normalized spacial score (nSPS) is 23.4. The minimum atomic E-state index is -1.07. The van der Waals surface area contributed by atoms with Crippen LogP contribution in [0.15, 0.2) is 48.5 Å². The number of nitrogens with one attached hydrogen (secondary N) is 1. The Hall–Kier alpha value is -3.43. The number of amides is 2. The maximum absolute atomic E-state index is 12.8. The third-order valence-electron chi connectivity index (χ3n) is 6.90. The first kappa shape index (κ1) is 23.3. The average molecular weight is 481 g/mol. The number of aliphatic carboxylic acids is 1. The van der Waals surface area contributed by atoms with Crippen molar-refractivity contribution in [2.75, 3.05) is 39.5 Å². The predicted octanol–water partition coefficient (Wildman–Crippen LogP) is 2.24. The van der Waals surface area contributed by atoms with Crippen molar-refractivity contribution in [3.8, 4) is 11.1 Å². The maximum atomic E-state index is 12.8. The number of carboxylic acid groups (broad SMARTS) is 1. The quantitative estimate of drug-likeness (QED) is 0.652. The SMILES string of the molecule is O=C(NC[C@@H]1C[C@H](C(=O)N2CCOC(C(=O)O)C2)CO1)OCC1c2ccccc2-c2ccccc21. The van der Waals surface area contributed by atoms with Crippen molar-refractivity contribution < 1.29 is 33.7 Å². The molecule has 2 aromatic carbocycles. The zero-order valence-corrected chi connectivity index (χ0v) is 19.2. The van der Waals surface area contributed by atoms with Crippen LogP contribution in [0.25, 0.3) is 11.1 Å². The Labute approximate surface area is 203 Å². The molecule has 0 aromatic heterocycles. The van der Waals surface area contributed by atoms with Gasteiger partial charge in [0.05, 0.1) is 31.8 Å². The monoisotopic (exact) mass is 480 g/mol.